The van der Waals surface area contributed by atoms with Gasteiger partial charge in [0.2, 0.25) is 0 Å². The Labute approximate surface area is 149 Å². The predicted octanol–water partition coefficient (Wildman–Crippen LogP) is 1.67. The van der Waals surface area contributed by atoms with Crippen molar-refractivity contribution >= 4 is 5.97 Å². The van der Waals surface area contributed by atoms with E-state index in [0.29, 0.717) is 0 Å². The fourth-order valence-electron chi connectivity index (χ4n) is 3.33. The van der Waals surface area contributed by atoms with Gasteiger partial charge < -0.3 is 14.4 Å². The Kier molecular flexibility index (Phi) is 6.20. The van der Waals surface area contributed by atoms with E-state index >= 15 is 0 Å². The Morgan fingerprint density at radius 1 is 1.00 bits per heavy atom. The molecule has 1 aliphatic rings. The van der Waals surface area contributed by atoms with Crippen LogP contribution in [0.4, 0.5) is 0 Å². The van der Waals surface area contributed by atoms with Crippen molar-refractivity contribution in [3.63, 3.8) is 0 Å². The van der Waals surface area contributed by atoms with E-state index in [4.69, 9.17) is 9.47 Å². The topological polar surface area (TPSA) is 40.0 Å². The molecule has 1 heterocycles. The highest BCUT2D eigenvalue weighted by Crippen LogP contribution is 2.26. The molecule has 132 valence electrons. The average Bonchev–Trinajstić information content (AvgIpc) is 2.64. The summed E-state index contributed by atoms with van der Waals surface area (Å²) in [5.41, 5.74) is 1.93. The quantitative estimate of drug-likeness (QED) is 0.813. The summed E-state index contributed by atoms with van der Waals surface area (Å²) >= 11 is 0. The molecule has 3 rings (SSSR count). The molecule has 1 aliphatic heterocycles. The van der Waals surface area contributed by atoms with Gasteiger partial charge in [-0.05, 0) is 18.1 Å². The fraction of sp³-hybridized carbons (Fsp3) is 0.381. The first-order chi connectivity index (χ1) is 12.2. The number of hydrogen-bond donors (Lipinski definition) is 1. The van der Waals surface area contributed by atoms with Crippen molar-refractivity contribution < 1.29 is 19.2 Å². The summed E-state index contributed by atoms with van der Waals surface area (Å²) in [4.78, 5) is 14.4. The molecule has 2 aromatic carbocycles. The lowest BCUT2D eigenvalue weighted by Gasteiger charge is -2.27. The number of nitrogens with one attached hydrogen (secondary N) is 1. The first kappa shape index (κ1) is 17.6. The van der Waals surface area contributed by atoms with Gasteiger partial charge in [0.05, 0.1) is 13.2 Å². The minimum absolute atomic E-state index is 0.115. The van der Waals surface area contributed by atoms with Crippen LogP contribution in [0.25, 0.3) is 0 Å². The van der Waals surface area contributed by atoms with E-state index in [0.717, 1.165) is 44.0 Å². The van der Waals surface area contributed by atoms with E-state index in [1.54, 1.807) is 0 Å². The van der Waals surface area contributed by atoms with Crippen LogP contribution in [0.2, 0.25) is 0 Å². The number of esters is 1. The van der Waals surface area contributed by atoms with Crippen molar-refractivity contribution in [3.05, 3.63) is 71.8 Å². The maximum Gasteiger partial charge on any atom is 0.318 e. The fourth-order valence-corrected chi connectivity index (χ4v) is 3.33. The predicted molar refractivity (Wildman–Crippen MR) is 96.7 cm³/mol. The van der Waals surface area contributed by atoms with Crippen LogP contribution in [0.5, 0.6) is 0 Å². The molecular formula is C21H26NO3+. The molecular weight excluding hydrogens is 314 g/mol. The Morgan fingerprint density at radius 2 is 1.52 bits per heavy atom. The van der Waals surface area contributed by atoms with Gasteiger partial charge in [-0.3, -0.25) is 4.79 Å². The number of morpholine rings is 1. The summed E-state index contributed by atoms with van der Waals surface area (Å²) < 4.78 is 11.2. The summed E-state index contributed by atoms with van der Waals surface area (Å²) in [5.74, 6) is -0.568. The van der Waals surface area contributed by atoms with Crippen LogP contribution in [-0.2, 0) is 14.3 Å². The summed E-state index contributed by atoms with van der Waals surface area (Å²) in [6.45, 7) is 6.32. The molecule has 0 aliphatic carbocycles. The molecule has 1 atom stereocenters. The number of ether oxygens (including phenoxy) is 2. The first-order valence-corrected chi connectivity index (χ1v) is 8.95. The molecule has 0 spiro atoms. The second-order valence-electron chi connectivity index (χ2n) is 6.57. The van der Waals surface area contributed by atoms with Crippen LogP contribution in [-0.4, -0.2) is 44.9 Å². The molecule has 1 saturated heterocycles. The second kappa shape index (κ2) is 8.79. The molecule has 25 heavy (non-hydrogen) atoms. The number of quaternary nitrogens is 1. The number of carbonyl (C=O) groups is 1. The molecule has 1 N–H and O–H groups in total. The zero-order valence-corrected chi connectivity index (χ0v) is 14.7. The first-order valence-electron chi connectivity index (χ1n) is 8.95. The van der Waals surface area contributed by atoms with Gasteiger partial charge in [0.25, 0.3) is 0 Å². The molecule has 0 bridgehead atoms. The lowest BCUT2D eigenvalue weighted by molar-refractivity contribution is -0.910. The standard InChI is InChI=1S/C21H25NO3/c1-17(16-22-12-14-24-15-13-22)25-21(23)20(18-8-4-2-5-9-18)19-10-6-3-7-11-19/h2-11,17,20H,12-16H2,1H3/p+1/t17-/m0/s1. The van der Waals surface area contributed by atoms with Crippen LogP contribution in [0.15, 0.2) is 60.7 Å². The Morgan fingerprint density at radius 3 is 2.04 bits per heavy atom. The van der Waals surface area contributed by atoms with E-state index in [2.05, 4.69) is 0 Å². The zero-order valence-electron chi connectivity index (χ0n) is 14.7. The molecule has 0 amide bonds. The molecule has 1 fully saturated rings. The Balaban J connectivity index is 1.71. The molecule has 2 aromatic rings. The van der Waals surface area contributed by atoms with E-state index in [9.17, 15) is 4.79 Å². The van der Waals surface area contributed by atoms with Gasteiger partial charge in [0.15, 0.2) is 0 Å². The van der Waals surface area contributed by atoms with Crippen LogP contribution >= 0.6 is 0 Å². The lowest BCUT2D eigenvalue weighted by atomic mass is 9.91. The molecule has 4 heteroatoms. The van der Waals surface area contributed by atoms with Crippen molar-refractivity contribution in [3.8, 4) is 0 Å². The van der Waals surface area contributed by atoms with E-state index in [1.807, 2.05) is 67.6 Å². The average molecular weight is 340 g/mol. The van der Waals surface area contributed by atoms with Crippen molar-refractivity contribution in [2.24, 2.45) is 0 Å². The van der Waals surface area contributed by atoms with Crippen LogP contribution in [0.1, 0.15) is 24.0 Å². The summed E-state index contributed by atoms with van der Waals surface area (Å²) in [5, 5.41) is 0. The molecule has 4 nitrogen and oxygen atoms in total. The summed E-state index contributed by atoms with van der Waals surface area (Å²) in [6, 6.07) is 19.7. The maximum atomic E-state index is 12.9. The third-order valence-corrected chi connectivity index (χ3v) is 4.59. The van der Waals surface area contributed by atoms with Gasteiger partial charge >= 0.3 is 5.97 Å². The Hall–Kier alpha value is -2.17. The molecule has 0 saturated carbocycles. The zero-order chi connectivity index (χ0) is 17.5. The molecule has 0 unspecified atom stereocenters. The highest BCUT2D eigenvalue weighted by molar-refractivity contribution is 5.82. The Bertz CT molecular complexity index is 614. The van der Waals surface area contributed by atoms with Crippen LogP contribution < -0.4 is 4.90 Å². The largest absolute Gasteiger partial charge is 0.456 e. The van der Waals surface area contributed by atoms with Crippen LogP contribution in [0.3, 0.4) is 0 Å². The van der Waals surface area contributed by atoms with Gasteiger partial charge in [-0.2, -0.15) is 0 Å². The van der Waals surface area contributed by atoms with Gasteiger partial charge in [0, 0.05) is 0 Å². The highest BCUT2D eigenvalue weighted by Gasteiger charge is 2.27. The third-order valence-electron chi connectivity index (χ3n) is 4.59. The van der Waals surface area contributed by atoms with E-state index in [1.165, 1.54) is 4.90 Å². The number of hydrogen-bond acceptors (Lipinski definition) is 3. The summed E-state index contributed by atoms with van der Waals surface area (Å²) in [6.07, 6.45) is -0.115. The lowest BCUT2D eigenvalue weighted by Crippen LogP contribution is -3.15. The van der Waals surface area contributed by atoms with Crippen LogP contribution in [0, 0.1) is 0 Å². The SMILES string of the molecule is C[C@@H](C[NH+]1CCOCC1)OC(=O)C(c1ccccc1)c1ccccc1. The minimum atomic E-state index is -0.385. The van der Waals surface area contributed by atoms with E-state index in [-0.39, 0.29) is 18.0 Å². The van der Waals surface area contributed by atoms with Crippen molar-refractivity contribution in [1.29, 1.82) is 0 Å². The third kappa shape index (κ3) is 4.91. The van der Waals surface area contributed by atoms with Gasteiger partial charge in [-0.15, -0.1) is 0 Å². The monoisotopic (exact) mass is 340 g/mol. The van der Waals surface area contributed by atoms with Crippen molar-refractivity contribution in [2.75, 3.05) is 32.8 Å². The molecule has 0 aromatic heterocycles. The van der Waals surface area contributed by atoms with Gasteiger partial charge in [-0.25, -0.2) is 0 Å². The minimum Gasteiger partial charge on any atom is -0.456 e. The van der Waals surface area contributed by atoms with Crippen molar-refractivity contribution in [2.45, 2.75) is 18.9 Å². The number of carbonyl (C=O) groups excluding carboxylic acids is 1. The number of rotatable bonds is 6. The van der Waals surface area contributed by atoms with Crippen molar-refractivity contribution in [1.82, 2.24) is 0 Å². The smallest absolute Gasteiger partial charge is 0.318 e. The maximum absolute atomic E-state index is 12.9. The van der Waals surface area contributed by atoms with Gasteiger partial charge in [0.1, 0.15) is 31.7 Å². The summed E-state index contributed by atoms with van der Waals surface area (Å²) in [7, 11) is 0. The molecule has 0 radical (unpaired) electrons. The highest BCUT2D eigenvalue weighted by atomic mass is 16.5. The normalized spacial score (nSPS) is 16.6. The number of benzene rings is 2. The van der Waals surface area contributed by atoms with E-state index < -0.39 is 0 Å². The van der Waals surface area contributed by atoms with Gasteiger partial charge in [-0.1, -0.05) is 60.7 Å². The second-order valence-corrected chi connectivity index (χ2v) is 6.57.